The molecule has 124 valence electrons. The Bertz CT molecular complexity index is 712. The maximum Gasteiger partial charge on any atom is 0.124 e. The van der Waals surface area contributed by atoms with Crippen molar-refractivity contribution in [1.82, 2.24) is 0 Å². The second-order valence-electron chi connectivity index (χ2n) is 7.75. The molecule has 0 atom stereocenters. The lowest BCUT2D eigenvalue weighted by Gasteiger charge is -2.28. The average molecular weight is 353 g/mol. The Morgan fingerprint density at radius 1 is 0.826 bits per heavy atom. The highest BCUT2D eigenvalue weighted by atomic mass is 35.5. The van der Waals surface area contributed by atoms with Gasteiger partial charge in [-0.05, 0) is 52.1 Å². The summed E-state index contributed by atoms with van der Waals surface area (Å²) in [7, 11) is 0. The summed E-state index contributed by atoms with van der Waals surface area (Å²) >= 11 is 12.6. The molecule has 0 spiro atoms. The standard InChI is InChI=1S/C20H23Cl2F/c1-19(2,3)16-10-13(6-9-17(16)21)12-20(4,5)15-8-7-14(23)11-18(15)22/h6-11H,12H2,1-5H3. The molecule has 0 heterocycles. The minimum atomic E-state index is -0.309. The van der Waals surface area contributed by atoms with Gasteiger partial charge in [-0.25, -0.2) is 4.39 Å². The van der Waals surface area contributed by atoms with Crippen molar-refractivity contribution < 1.29 is 4.39 Å². The summed E-state index contributed by atoms with van der Waals surface area (Å²) in [6.07, 6.45) is 0.804. The number of rotatable bonds is 3. The zero-order chi connectivity index (χ0) is 17.4. The zero-order valence-electron chi connectivity index (χ0n) is 14.3. The van der Waals surface area contributed by atoms with Crippen LogP contribution in [0, 0.1) is 5.82 Å². The Labute approximate surface area is 148 Å². The fourth-order valence-corrected chi connectivity index (χ4v) is 3.73. The number of halogens is 3. The van der Waals surface area contributed by atoms with Crippen LogP contribution in [0.3, 0.4) is 0 Å². The van der Waals surface area contributed by atoms with E-state index < -0.39 is 0 Å². The predicted octanol–water partition coefficient (Wildman–Crippen LogP) is 6.95. The summed E-state index contributed by atoms with van der Waals surface area (Å²) in [6, 6.07) is 10.8. The third kappa shape index (κ3) is 4.28. The van der Waals surface area contributed by atoms with Gasteiger partial charge in [0.25, 0.3) is 0 Å². The number of benzene rings is 2. The van der Waals surface area contributed by atoms with E-state index in [1.807, 2.05) is 6.07 Å². The van der Waals surface area contributed by atoms with Gasteiger partial charge < -0.3 is 0 Å². The number of hydrogen-bond donors (Lipinski definition) is 0. The van der Waals surface area contributed by atoms with Crippen LogP contribution in [0.4, 0.5) is 4.39 Å². The molecule has 0 saturated carbocycles. The van der Waals surface area contributed by atoms with E-state index in [0.29, 0.717) is 5.02 Å². The smallest absolute Gasteiger partial charge is 0.124 e. The molecule has 0 aliphatic heterocycles. The third-order valence-corrected chi connectivity index (χ3v) is 4.79. The molecule has 2 aromatic rings. The van der Waals surface area contributed by atoms with E-state index in [9.17, 15) is 4.39 Å². The van der Waals surface area contributed by atoms with Crippen LogP contribution in [0.2, 0.25) is 10.0 Å². The maximum atomic E-state index is 13.3. The Morgan fingerprint density at radius 2 is 1.48 bits per heavy atom. The van der Waals surface area contributed by atoms with Gasteiger partial charge in [0.1, 0.15) is 5.82 Å². The van der Waals surface area contributed by atoms with Gasteiger partial charge in [0.15, 0.2) is 0 Å². The SMILES string of the molecule is CC(C)(C)c1cc(CC(C)(C)c2ccc(F)cc2Cl)ccc1Cl. The first-order valence-corrected chi connectivity index (χ1v) is 8.51. The Hall–Kier alpha value is -1.05. The van der Waals surface area contributed by atoms with Crippen LogP contribution in [0.5, 0.6) is 0 Å². The van der Waals surface area contributed by atoms with Gasteiger partial charge in [-0.15, -0.1) is 0 Å². The molecule has 2 rings (SSSR count). The molecule has 3 heteroatoms. The van der Waals surface area contributed by atoms with Crippen molar-refractivity contribution in [3.8, 4) is 0 Å². The highest BCUT2D eigenvalue weighted by molar-refractivity contribution is 6.31. The lowest BCUT2D eigenvalue weighted by Crippen LogP contribution is -2.22. The maximum absolute atomic E-state index is 13.3. The van der Waals surface area contributed by atoms with Crippen molar-refractivity contribution in [3.63, 3.8) is 0 Å². The van der Waals surface area contributed by atoms with Crippen LogP contribution in [-0.2, 0) is 17.3 Å². The van der Waals surface area contributed by atoms with Crippen molar-refractivity contribution in [3.05, 3.63) is 69.0 Å². The quantitative estimate of drug-likeness (QED) is 0.560. The summed E-state index contributed by atoms with van der Waals surface area (Å²) in [4.78, 5) is 0. The average Bonchev–Trinajstić information content (AvgIpc) is 2.39. The first-order chi connectivity index (χ1) is 10.5. The zero-order valence-corrected chi connectivity index (χ0v) is 15.8. The van der Waals surface area contributed by atoms with Crippen molar-refractivity contribution >= 4 is 23.2 Å². The minimum absolute atomic E-state index is 0.00917. The summed E-state index contributed by atoms with van der Waals surface area (Å²) in [5.41, 5.74) is 3.08. The van der Waals surface area contributed by atoms with Gasteiger partial charge >= 0.3 is 0 Å². The number of hydrogen-bond acceptors (Lipinski definition) is 0. The lowest BCUT2D eigenvalue weighted by molar-refractivity contribution is 0.518. The lowest BCUT2D eigenvalue weighted by atomic mass is 9.77. The molecule has 0 aliphatic rings. The molecule has 0 radical (unpaired) electrons. The van der Waals surface area contributed by atoms with Crippen molar-refractivity contribution in [2.24, 2.45) is 0 Å². The van der Waals surface area contributed by atoms with E-state index in [0.717, 1.165) is 22.6 Å². The predicted molar refractivity (Wildman–Crippen MR) is 98.3 cm³/mol. The molecule has 0 unspecified atom stereocenters. The molecular weight excluding hydrogens is 330 g/mol. The Balaban J connectivity index is 2.37. The van der Waals surface area contributed by atoms with E-state index in [2.05, 4.69) is 46.8 Å². The fourth-order valence-electron chi connectivity index (χ4n) is 2.90. The van der Waals surface area contributed by atoms with Gasteiger partial charge in [0.05, 0.1) is 0 Å². The van der Waals surface area contributed by atoms with Gasteiger partial charge in [-0.1, -0.05) is 76.0 Å². The Kier molecular flexibility index (Phi) is 5.13. The fraction of sp³-hybridized carbons (Fsp3) is 0.400. The van der Waals surface area contributed by atoms with Crippen LogP contribution in [-0.4, -0.2) is 0 Å². The van der Waals surface area contributed by atoms with E-state index in [-0.39, 0.29) is 16.6 Å². The van der Waals surface area contributed by atoms with Gasteiger partial charge in [0, 0.05) is 10.0 Å². The van der Waals surface area contributed by atoms with E-state index in [1.54, 1.807) is 6.07 Å². The van der Waals surface area contributed by atoms with Gasteiger partial charge in [0.2, 0.25) is 0 Å². The highest BCUT2D eigenvalue weighted by Gasteiger charge is 2.25. The molecule has 0 saturated heterocycles. The highest BCUT2D eigenvalue weighted by Crippen LogP contribution is 2.36. The molecular formula is C20H23Cl2F. The van der Waals surface area contributed by atoms with E-state index in [1.165, 1.54) is 17.7 Å². The molecule has 0 bridgehead atoms. The first-order valence-electron chi connectivity index (χ1n) is 7.75. The minimum Gasteiger partial charge on any atom is -0.207 e. The molecule has 0 nitrogen and oxygen atoms in total. The summed E-state index contributed by atoms with van der Waals surface area (Å²) in [5.74, 6) is -0.309. The van der Waals surface area contributed by atoms with Gasteiger partial charge in [-0.2, -0.15) is 0 Å². The molecule has 0 aromatic heterocycles. The van der Waals surface area contributed by atoms with E-state index in [4.69, 9.17) is 23.2 Å². The van der Waals surface area contributed by atoms with Crippen LogP contribution < -0.4 is 0 Å². The van der Waals surface area contributed by atoms with Crippen molar-refractivity contribution in [2.45, 2.75) is 51.9 Å². The normalized spacial score (nSPS) is 12.5. The molecule has 2 aromatic carbocycles. The molecule has 0 amide bonds. The largest absolute Gasteiger partial charge is 0.207 e. The van der Waals surface area contributed by atoms with Crippen LogP contribution in [0.15, 0.2) is 36.4 Å². The Morgan fingerprint density at radius 3 is 2.04 bits per heavy atom. The monoisotopic (exact) mass is 352 g/mol. The molecule has 23 heavy (non-hydrogen) atoms. The summed E-state index contributed by atoms with van der Waals surface area (Å²) in [5, 5.41) is 1.26. The first kappa shape index (κ1) is 18.3. The topological polar surface area (TPSA) is 0 Å². The van der Waals surface area contributed by atoms with Crippen molar-refractivity contribution in [2.75, 3.05) is 0 Å². The summed E-state index contributed by atoms with van der Waals surface area (Å²) < 4.78 is 13.3. The van der Waals surface area contributed by atoms with Crippen LogP contribution in [0.25, 0.3) is 0 Å². The second-order valence-corrected chi connectivity index (χ2v) is 8.56. The molecule has 0 aliphatic carbocycles. The van der Waals surface area contributed by atoms with Crippen molar-refractivity contribution in [1.29, 1.82) is 0 Å². The van der Waals surface area contributed by atoms with Gasteiger partial charge in [-0.3, -0.25) is 0 Å². The molecule has 0 fully saturated rings. The van der Waals surface area contributed by atoms with Crippen LogP contribution in [0.1, 0.15) is 51.3 Å². The second kappa shape index (κ2) is 6.45. The van der Waals surface area contributed by atoms with Crippen LogP contribution >= 0.6 is 23.2 Å². The molecule has 0 N–H and O–H groups in total. The third-order valence-electron chi connectivity index (χ3n) is 4.15. The summed E-state index contributed by atoms with van der Waals surface area (Å²) in [6.45, 7) is 10.7. The van der Waals surface area contributed by atoms with E-state index >= 15 is 0 Å².